The third-order valence-corrected chi connectivity index (χ3v) is 2.22. The zero-order chi connectivity index (χ0) is 9.80. The fourth-order valence-electron chi connectivity index (χ4n) is 1.42. The van der Waals surface area contributed by atoms with Gasteiger partial charge in [0, 0.05) is 0 Å². The second kappa shape index (κ2) is 4.10. The molecule has 2 aromatic carbocycles. The normalized spacial score (nSPS) is 9.79. The lowest BCUT2D eigenvalue weighted by atomic mass is 9.90. The Morgan fingerprint density at radius 1 is 0.714 bits per heavy atom. The minimum Gasteiger partial charge on any atom is -0.335 e. The van der Waals surface area contributed by atoms with Crippen molar-refractivity contribution in [2.75, 3.05) is 0 Å². The maximum Gasteiger partial charge on any atom is 0.364 e. The molecule has 0 amide bonds. The zero-order valence-corrected chi connectivity index (χ0v) is 7.78. The van der Waals surface area contributed by atoms with Crippen molar-refractivity contribution in [3.8, 4) is 11.1 Å². The molecule has 2 heteroatoms. The molecule has 0 saturated heterocycles. The van der Waals surface area contributed by atoms with Crippen molar-refractivity contribution in [1.29, 1.82) is 0 Å². The van der Waals surface area contributed by atoms with Crippen LogP contribution in [-0.4, -0.2) is 7.56 Å². The molecule has 0 radical (unpaired) electrons. The predicted octanol–water partition coefficient (Wildman–Crippen LogP) is 2.30. The quantitative estimate of drug-likeness (QED) is 0.628. The molecule has 0 heterocycles. The van der Waals surface area contributed by atoms with Gasteiger partial charge in [0.15, 0.2) is 0 Å². The third-order valence-electron chi connectivity index (χ3n) is 2.22. The Labute approximate surface area is 83.7 Å². The summed E-state index contributed by atoms with van der Waals surface area (Å²) in [4.78, 5) is 0. The van der Waals surface area contributed by atoms with Crippen LogP contribution in [0.5, 0.6) is 0 Å². The Balaban J connectivity index is 2.34. The molecule has 0 N–H and O–H groups in total. The second-order valence-electron chi connectivity index (χ2n) is 3.20. The fourth-order valence-corrected chi connectivity index (χ4v) is 1.42. The average Bonchev–Trinajstić information content (AvgIpc) is 2.30. The smallest absolute Gasteiger partial charge is 0.335 e. The molecule has 0 aromatic heterocycles. The maximum absolute atomic E-state index is 12.3. The van der Waals surface area contributed by atoms with E-state index in [1.807, 2.05) is 54.6 Å². The van der Waals surface area contributed by atoms with Gasteiger partial charge in [0.1, 0.15) is 0 Å². The van der Waals surface area contributed by atoms with Gasteiger partial charge >= 0.3 is 7.56 Å². The van der Waals surface area contributed by atoms with Crippen LogP contribution in [0, 0.1) is 0 Å². The summed E-state index contributed by atoms with van der Waals surface area (Å²) >= 11 is 0. The minimum absolute atomic E-state index is 0.394. The first-order valence-electron chi connectivity index (χ1n) is 4.60. The van der Waals surface area contributed by atoms with Crippen molar-refractivity contribution in [3.05, 3.63) is 54.6 Å². The van der Waals surface area contributed by atoms with Crippen LogP contribution in [-0.2, 0) is 0 Å². The van der Waals surface area contributed by atoms with E-state index in [1.54, 1.807) is 0 Å². The Morgan fingerprint density at radius 2 is 1.29 bits per heavy atom. The van der Waals surface area contributed by atoms with Crippen molar-refractivity contribution < 1.29 is 4.32 Å². The summed E-state index contributed by atoms with van der Waals surface area (Å²) < 4.78 is 12.3. The van der Waals surface area contributed by atoms with Crippen LogP contribution in [0.15, 0.2) is 54.6 Å². The molecule has 0 unspecified atom stereocenters. The highest BCUT2D eigenvalue weighted by atomic mass is 19.1. The maximum atomic E-state index is 12.3. The van der Waals surface area contributed by atoms with E-state index in [2.05, 4.69) is 0 Å². The molecule has 0 spiro atoms. The molecular formula is C12H10BF. The first kappa shape index (κ1) is 9.01. The van der Waals surface area contributed by atoms with Crippen molar-refractivity contribution in [1.82, 2.24) is 0 Å². The lowest BCUT2D eigenvalue weighted by Gasteiger charge is -2.01. The lowest BCUT2D eigenvalue weighted by Crippen LogP contribution is -2.07. The Morgan fingerprint density at radius 3 is 1.86 bits per heavy atom. The van der Waals surface area contributed by atoms with Crippen LogP contribution < -0.4 is 5.46 Å². The average molecular weight is 184 g/mol. The van der Waals surface area contributed by atoms with Gasteiger partial charge in [-0.2, -0.15) is 0 Å². The first-order chi connectivity index (χ1) is 6.90. The van der Waals surface area contributed by atoms with E-state index in [0.717, 1.165) is 16.6 Å². The largest absolute Gasteiger partial charge is 0.364 e. The van der Waals surface area contributed by atoms with Crippen LogP contribution in [0.25, 0.3) is 11.1 Å². The Hall–Kier alpha value is -1.57. The Bertz CT molecular complexity index is 394. The molecule has 2 rings (SSSR count). The van der Waals surface area contributed by atoms with Gasteiger partial charge in [-0.05, 0) is 16.6 Å². The van der Waals surface area contributed by atoms with Gasteiger partial charge in [0.2, 0.25) is 0 Å². The highest BCUT2D eigenvalue weighted by molar-refractivity contribution is 6.46. The van der Waals surface area contributed by atoms with Gasteiger partial charge in [0.05, 0.1) is 0 Å². The number of hydrogen-bond donors (Lipinski definition) is 0. The summed E-state index contributed by atoms with van der Waals surface area (Å²) in [7, 11) is -0.394. The van der Waals surface area contributed by atoms with Crippen molar-refractivity contribution >= 4 is 13.0 Å². The lowest BCUT2D eigenvalue weighted by molar-refractivity contribution is 0.885. The highest BCUT2D eigenvalue weighted by Gasteiger charge is 1.97. The van der Waals surface area contributed by atoms with E-state index < -0.39 is 7.56 Å². The van der Waals surface area contributed by atoms with E-state index >= 15 is 0 Å². The molecule has 0 nitrogen and oxygen atoms in total. The molecule has 14 heavy (non-hydrogen) atoms. The van der Waals surface area contributed by atoms with Gasteiger partial charge in [-0.15, -0.1) is 0 Å². The van der Waals surface area contributed by atoms with Gasteiger partial charge < -0.3 is 4.32 Å². The summed E-state index contributed by atoms with van der Waals surface area (Å²) in [6.45, 7) is 0. The number of benzene rings is 2. The summed E-state index contributed by atoms with van der Waals surface area (Å²) in [5.74, 6) is 0. The molecule has 0 atom stereocenters. The third kappa shape index (κ3) is 1.85. The van der Waals surface area contributed by atoms with Gasteiger partial charge in [-0.25, -0.2) is 0 Å². The summed E-state index contributed by atoms with van der Waals surface area (Å²) in [6.07, 6.45) is 0. The second-order valence-corrected chi connectivity index (χ2v) is 3.20. The fraction of sp³-hybridized carbons (Fsp3) is 0. The van der Waals surface area contributed by atoms with Crippen LogP contribution in [0.2, 0.25) is 0 Å². The number of rotatable bonds is 2. The van der Waals surface area contributed by atoms with Crippen molar-refractivity contribution in [3.63, 3.8) is 0 Å². The molecule has 0 aliphatic rings. The predicted molar refractivity (Wildman–Crippen MR) is 59.8 cm³/mol. The van der Waals surface area contributed by atoms with Crippen LogP contribution >= 0.6 is 0 Å². The van der Waals surface area contributed by atoms with E-state index in [4.69, 9.17) is 0 Å². The SMILES string of the molecule is FBc1ccc(-c2ccccc2)cc1. The molecule has 0 fully saturated rings. The molecule has 2 aromatic rings. The molecule has 0 bridgehead atoms. The van der Waals surface area contributed by atoms with E-state index in [-0.39, 0.29) is 0 Å². The Kier molecular flexibility index (Phi) is 2.64. The van der Waals surface area contributed by atoms with E-state index in [1.165, 1.54) is 0 Å². The van der Waals surface area contributed by atoms with Gasteiger partial charge in [-0.3, -0.25) is 0 Å². The van der Waals surface area contributed by atoms with Gasteiger partial charge in [0.25, 0.3) is 0 Å². The van der Waals surface area contributed by atoms with Crippen LogP contribution in [0.3, 0.4) is 0 Å². The number of halogens is 1. The van der Waals surface area contributed by atoms with Crippen LogP contribution in [0.4, 0.5) is 4.32 Å². The van der Waals surface area contributed by atoms with E-state index in [9.17, 15) is 4.32 Å². The zero-order valence-electron chi connectivity index (χ0n) is 7.78. The van der Waals surface area contributed by atoms with Gasteiger partial charge in [-0.1, -0.05) is 54.6 Å². The molecule has 0 aliphatic carbocycles. The minimum atomic E-state index is -0.394. The topological polar surface area (TPSA) is 0 Å². The summed E-state index contributed by atoms with van der Waals surface area (Å²) in [6, 6.07) is 17.6. The van der Waals surface area contributed by atoms with Crippen LogP contribution in [0.1, 0.15) is 0 Å². The van der Waals surface area contributed by atoms with Crippen molar-refractivity contribution in [2.45, 2.75) is 0 Å². The monoisotopic (exact) mass is 184 g/mol. The molecule has 68 valence electrons. The molecule has 0 saturated carbocycles. The standard InChI is InChI=1S/C12H10BF/c14-13-12-8-6-11(7-9-12)10-4-2-1-3-5-10/h1-9,13H. The summed E-state index contributed by atoms with van der Waals surface area (Å²) in [5, 5.41) is 0. The van der Waals surface area contributed by atoms with E-state index in [0.29, 0.717) is 0 Å². The number of hydrogen-bond acceptors (Lipinski definition) is 0. The summed E-state index contributed by atoms with van der Waals surface area (Å²) in [5.41, 5.74) is 3.02. The first-order valence-corrected chi connectivity index (χ1v) is 4.60. The van der Waals surface area contributed by atoms with Crippen molar-refractivity contribution in [2.24, 2.45) is 0 Å². The molecule has 0 aliphatic heterocycles. The highest BCUT2D eigenvalue weighted by Crippen LogP contribution is 2.16. The molecular weight excluding hydrogens is 174 g/mol.